The molecule has 0 spiro atoms. The average molecular weight is 475 g/mol. The molecule has 0 bridgehead atoms. The monoisotopic (exact) mass is 474 g/mol. The Morgan fingerprint density at radius 1 is 0.686 bits per heavy atom. The molecule has 0 aliphatic carbocycles. The molecule has 2 N–H and O–H groups in total. The van der Waals surface area contributed by atoms with Crippen molar-refractivity contribution >= 4 is 35.1 Å². The predicted octanol–water partition coefficient (Wildman–Crippen LogP) is 4.40. The van der Waals surface area contributed by atoms with Crippen LogP contribution >= 0.6 is 0 Å². The third-order valence-corrected chi connectivity index (χ3v) is 4.99. The molecule has 0 saturated carbocycles. The van der Waals surface area contributed by atoms with Crippen LogP contribution in [0.4, 0.5) is 11.4 Å². The highest BCUT2D eigenvalue weighted by Crippen LogP contribution is 2.31. The van der Waals surface area contributed by atoms with E-state index < -0.39 is 23.8 Å². The molecule has 3 aromatic rings. The van der Waals surface area contributed by atoms with E-state index in [2.05, 4.69) is 10.6 Å². The first-order valence-electron chi connectivity index (χ1n) is 11.1. The summed E-state index contributed by atoms with van der Waals surface area (Å²) in [6.07, 6.45) is 0. The summed E-state index contributed by atoms with van der Waals surface area (Å²) in [7, 11) is 0. The molecule has 180 valence electrons. The van der Waals surface area contributed by atoms with Crippen molar-refractivity contribution in [3.8, 4) is 0 Å². The molecule has 8 heteroatoms. The molecular weight excluding hydrogens is 448 g/mol. The molecule has 0 saturated heterocycles. The number of hydrogen-bond acceptors (Lipinski definition) is 6. The molecule has 0 atom stereocenters. The molecule has 0 aliphatic heterocycles. The highest BCUT2D eigenvalue weighted by Gasteiger charge is 2.34. The van der Waals surface area contributed by atoms with Crippen LogP contribution in [-0.4, -0.2) is 37.0 Å². The van der Waals surface area contributed by atoms with E-state index in [1.54, 1.807) is 80.6 Å². The lowest BCUT2D eigenvalue weighted by Crippen LogP contribution is -2.28. The molecule has 0 aromatic heterocycles. The summed E-state index contributed by atoms with van der Waals surface area (Å²) in [4.78, 5) is 51.1. The third kappa shape index (κ3) is 6.54. The van der Waals surface area contributed by atoms with Gasteiger partial charge in [-0.1, -0.05) is 36.4 Å². The quantitative estimate of drug-likeness (QED) is 0.351. The SMILES string of the molecule is CCOC(=O)C(C(=O)OCC)c1cc(NC(=O)c2ccccc2)ccc1NC(=O)c1ccccc1. The molecule has 0 radical (unpaired) electrons. The van der Waals surface area contributed by atoms with Gasteiger partial charge in [-0.25, -0.2) is 0 Å². The largest absolute Gasteiger partial charge is 0.465 e. The molecule has 3 aromatic carbocycles. The molecule has 0 aliphatic rings. The van der Waals surface area contributed by atoms with Gasteiger partial charge in [0, 0.05) is 28.1 Å². The first kappa shape index (κ1) is 25.2. The maximum Gasteiger partial charge on any atom is 0.324 e. The number of anilines is 2. The Morgan fingerprint density at radius 3 is 1.66 bits per heavy atom. The van der Waals surface area contributed by atoms with E-state index in [1.807, 2.05) is 0 Å². The molecular formula is C27H26N2O6. The Hall–Kier alpha value is -4.46. The fourth-order valence-electron chi connectivity index (χ4n) is 3.37. The number of nitrogens with one attached hydrogen (secondary N) is 2. The van der Waals surface area contributed by atoms with E-state index in [0.29, 0.717) is 16.8 Å². The van der Waals surface area contributed by atoms with Crippen LogP contribution in [0.15, 0.2) is 78.9 Å². The number of carbonyl (C=O) groups excluding carboxylic acids is 4. The van der Waals surface area contributed by atoms with Gasteiger partial charge in [-0.2, -0.15) is 0 Å². The normalized spacial score (nSPS) is 10.4. The van der Waals surface area contributed by atoms with Crippen LogP contribution in [0.3, 0.4) is 0 Å². The Labute approximate surface area is 203 Å². The second-order valence-electron chi connectivity index (χ2n) is 7.38. The van der Waals surface area contributed by atoms with Gasteiger partial charge in [-0.3, -0.25) is 19.2 Å². The number of benzene rings is 3. The highest BCUT2D eigenvalue weighted by molar-refractivity contribution is 6.08. The van der Waals surface area contributed by atoms with Gasteiger partial charge in [-0.05, 0) is 56.3 Å². The summed E-state index contributed by atoms with van der Waals surface area (Å²) in [5.74, 6) is -3.92. The van der Waals surface area contributed by atoms with Crippen molar-refractivity contribution in [2.24, 2.45) is 0 Å². The number of esters is 2. The van der Waals surface area contributed by atoms with Crippen LogP contribution in [0.25, 0.3) is 0 Å². The topological polar surface area (TPSA) is 111 Å². The maximum atomic E-state index is 12.8. The number of rotatable bonds is 9. The van der Waals surface area contributed by atoms with Crippen molar-refractivity contribution in [1.29, 1.82) is 0 Å². The van der Waals surface area contributed by atoms with Crippen LogP contribution < -0.4 is 10.6 Å². The molecule has 0 heterocycles. The van der Waals surface area contributed by atoms with Gasteiger partial charge < -0.3 is 20.1 Å². The minimum atomic E-state index is -1.46. The van der Waals surface area contributed by atoms with Crippen molar-refractivity contribution in [3.05, 3.63) is 95.6 Å². The zero-order chi connectivity index (χ0) is 25.2. The Morgan fingerprint density at radius 2 is 1.17 bits per heavy atom. The lowest BCUT2D eigenvalue weighted by atomic mass is 9.96. The van der Waals surface area contributed by atoms with Crippen molar-refractivity contribution in [2.45, 2.75) is 19.8 Å². The summed E-state index contributed by atoms with van der Waals surface area (Å²) in [6, 6.07) is 21.6. The lowest BCUT2D eigenvalue weighted by Gasteiger charge is -2.20. The zero-order valence-electron chi connectivity index (χ0n) is 19.4. The van der Waals surface area contributed by atoms with Crippen LogP contribution in [-0.2, 0) is 19.1 Å². The van der Waals surface area contributed by atoms with Crippen molar-refractivity contribution in [2.75, 3.05) is 23.8 Å². The van der Waals surface area contributed by atoms with Gasteiger partial charge in [0.15, 0.2) is 5.92 Å². The van der Waals surface area contributed by atoms with Gasteiger partial charge >= 0.3 is 11.9 Å². The Bertz CT molecular complexity index is 1180. The van der Waals surface area contributed by atoms with Crippen LogP contribution in [0, 0.1) is 0 Å². The fourth-order valence-corrected chi connectivity index (χ4v) is 3.37. The van der Waals surface area contributed by atoms with Gasteiger partial charge in [0.1, 0.15) is 0 Å². The fraction of sp³-hybridized carbons (Fsp3) is 0.185. The van der Waals surface area contributed by atoms with E-state index >= 15 is 0 Å². The van der Waals surface area contributed by atoms with Gasteiger partial charge in [0.25, 0.3) is 11.8 Å². The van der Waals surface area contributed by atoms with Gasteiger partial charge in [-0.15, -0.1) is 0 Å². The number of amides is 2. The molecule has 3 rings (SSSR count). The average Bonchev–Trinajstić information content (AvgIpc) is 2.87. The van der Waals surface area contributed by atoms with Crippen LogP contribution in [0.2, 0.25) is 0 Å². The molecule has 8 nitrogen and oxygen atoms in total. The Kier molecular flexibility index (Phi) is 8.72. The second-order valence-corrected chi connectivity index (χ2v) is 7.38. The van der Waals surface area contributed by atoms with E-state index in [0.717, 1.165) is 0 Å². The van der Waals surface area contributed by atoms with Crippen LogP contribution in [0.1, 0.15) is 46.0 Å². The zero-order valence-corrected chi connectivity index (χ0v) is 19.4. The van der Waals surface area contributed by atoms with E-state index in [1.165, 1.54) is 12.1 Å². The molecule has 0 unspecified atom stereocenters. The summed E-state index contributed by atoms with van der Waals surface area (Å²) in [5, 5.41) is 5.50. The predicted molar refractivity (Wildman–Crippen MR) is 131 cm³/mol. The number of ether oxygens (including phenoxy) is 2. The number of hydrogen-bond donors (Lipinski definition) is 2. The molecule has 35 heavy (non-hydrogen) atoms. The second kappa shape index (κ2) is 12.1. The summed E-state index contributed by atoms with van der Waals surface area (Å²) < 4.78 is 10.2. The van der Waals surface area contributed by atoms with Crippen molar-refractivity contribution in [3.63, 3.8) is 0 Å². The van der Waals surface area contributed by atoms with Gasteiger partial charge in [0.05, 0.1) is 13.2 Å². The third-order valence-electron chi connectivity index (χ3n) is 4.99. The standard InChI is InChI=1S/C27H26N2O6/c1-3-34-26(32)23(27(33)35-4-2)21-17-20(28-24(30)18-11-7-5-8-12-18)15-16-22(21)29-25(31)19-13-9-6-10-14-19/h5-17,23H,3-4H2,1-2H3,(H,28,30)(H,29,31). The van der Waals surface area contributed by atoms with Gasteiger partial charge in [0.2, 0.25) is 0 Å². The summed E-state index contributed by atoms with van der Waals surface area (Å²) in [5.41, 5.74) is 1.50. The molecule has 0 fully saturated rings. The van der Waals surface area contributed by atoms with Crippen LogP contribution in [0.5, 0.6) is 0 Å². The van der Waals surface area contributed by atoms with E-state index in [4.69, 9.17) is 9.47 Å². The minimum Gasteiger partial charge on any atom is -0.465 e. The Balaban J connectivity index is 2.02. The maximum absolute atomic E-state index is 12.8. The van der Waals surface area contributed by atoms with Crippen molar-refractivity contribution < 1.29 is 28.7 Å². The smallest absolute Gasteiger partial charge is 0.324 e. The first-order valence-corrected chi connectivity index (χ1v) is 11.1. The highest BCUT2D eigenvalue weighted by atomic mass is 16.6. The molecule has 2 amide bonds. The summed E-state index contributed by atoms with van der Waals surface area (Å²) >= 11 is 0. The van der Waals surface area contributed by atoms with E-state index in [9.17, 15) is 19.2 Å². The first-order chi connectivity index (χ1) is 16.9. The minimum absolute atomic E-state index is 0.0465. The number of carbonyl (C=O) groups is 4. The lowest BCUT2D eigenvalue weighted by molar-refractivity contribution is -0.156. The van der Waals surface area contributed by atoms with Crippen molar-refractivity contribution in [1.82, 2.24) is 0 Å². The van der Waals surface area contributed by atoms with E-state index in [-0.39, 0.29) is 30.4 Å². The summed E-state index contributed by atoms with van der Waals surface area (Å²) in [6.45, 7) is 3.33.